The number of hydrogen-bond donors (Lipinski definition) is 0. The standard InChI is InChI=1S/C15H16F3NO.C4H8.C2H6/c1-4-14(19-9-10(2)20)11(3)12-6-5-7-13(8-12)15(16,17)18;1-4-2-3-4;1-2/h4-9,11H,1-3H3;4H,2-3H2,1H3;1-2H3/b14-4-,19-9?;;. The van der Waals surface area contributed by atoms with Gasteiger partial charge in [0.2, 0.25) is 0 Å². The van der Waals surface area contributed by atoms with E-state index in [-0.39, 0.29) is 11.7 Å². The van der Waals surface area contributed by atoms with E-state index < -0.39 is 11.7 Å². The molecule has 0 saturated heterocycles. The van der Waals surface area contributed by atoms with E-state index in [9.17, 15) is 18.0 Å². The molecule has 5 heteroatoms. The molecular formula is C21H30F3NO. The molecule has 1 aliphatic carbocycles. The van der Waals surface area contributed by atoms with Crippen molar-refractivity contribution in [2.75, 3.05) is 0 Å². The molecule has 1 aliphatic rings. The average molecular weight is 369 g/mol. The van der Waals surface area contributed by atoms with E-state index in [2.05, 4.69) is 11.9 Å². The highest BCUT2D eigenvalue weighted by atomic mass is 19.4. The molecular weight excluding hydrogens is 339 g/mol. The van der Waals surface area contributed by atoms with Crippen molar-refractivity contribution in [2.24, 2.45) is 10.9 Å². The Hall–Kier alpha value is -1.91. The van der Waals surface area contributed by atoms with Crippen molar-refractivity contribution < 1.29 is 18.0 Å². The Labute approximate surface area is 155 Å². The molecule has 146 valence electrons. The minimum Gasteiger partial charge on any atom is -0.293 e. The summed E-state index contributed by atoms with van der Waals surface area (Å²) in [6, 6.07) is 5.13. The molecule has 0 bridgehead atoms. The highest BCUT2D eigenvalue weighted by molar-refractivity contribution is 6.26. The maximum Gasteiger partial charge on any atom is 0.416 e. The van der Waals surface area contributed by atoms with Gasteiger partial charge in [0.15, 0.2) is 5.78 Å². The van der Waals surface area contributed by atoms with Crippen molar-refractivity contribution in [1.82, 2.24) is 0 Å². The van der Waals surface area contributed by atoms with Crippen LogP contribution >= 0.6 is 0 Å². The number of ketones is 1. The van der Waals surface area contributed by atoms with E-state index in [1.54, 1.807) is 26.0 Å². The van der Waals surface area contributed by atoms with Crippen LogP contribution in [0.2, 0.25) is 0 Å². The minimum atomic E-state index is -4.37. The summed E-state index contributed by atoms with van der Waals surface area (Å²) in [4.78, 5) is 14.9. The van der Waals surface area contributed by atoms with Gasteiger partial charge in [-0.2, -0.15) is 13.2 Å². The molecule has 0 radical (unpaired) electrons. The van der Waals surface area contributed by atoms with Crippen LogP contribution < -0.4 is 0 Å². The quantitative estimate of drug-likeness (QED) is 0.536. The zero-order valence-electron chi connectivity index (χ0n) is 16.5. The third-order valence-corrected chi connectivity index (χ3v) is 3.71. The molecule has 1 aromatic carbocycles. The van der Waals surface area contributed by atoms with Gasteiger partial charge in [-0.05, 0) is 24.5 Å². The monoisotopic (exact) mass is 369 g/mol. The SMILES string of the molecule is C/C=C(\N=CC(C)=O)C(C)c1cccc(C(F)(F)F)c1.CC.CC1CC1. The van der Waals surface area contributed by atoms with Crippen molar-refractivity contribution in [3.05, 3.63) is 47.2 Å². The van der Waals surface area contributed by atoms with E-state index in [0.29, 0.717) is 11.3 Å². The molecule has 2 nitrogen and oxygen atoms in total. The number of halogens is 3. The maximum atomic E-state index is 12.7. The number of alkyl halides is 3. The molecule has 1 atom stereocenters. The second kappa shape index (κ2) is 11.7. The Kier molecular flexibility index (Phi) is 10.8. The second-order valence-electron chi connectivity index (χ2n) is 6.11. The summed E-state index contributed by atoms with van der Waals surface area (Å²) in [7, 11) is 0. The van der Waals surface area contributed by atoms with Crippen LogP contribution in [-0.2, 0) is 11.0 Å². The Morgan fingerprint density at radius 2 is 1.81 bits per heavy atom. The first-order valence-corrected chi connectivity index (χ1v) is 9.03. The van der Waals surface area contributed by atoms with E-state index in [1.807, 2.05) is 13.8 Å². The molecule has 0 aliphatic heterocycles. The van der Waals surface area contributed by atoms with E-state index >= 15 is 0 Å². The molecule has 0 aromatic heterocycles. The molecule has 1 unspecified atom stereocenters. The molecule has 0 spiro atoms. The van der Waals surface area contributed by atoms with Gasteiger partial charge in [-0.15, -0.1) is 0 Å². The Morgan fingerprint density at radius 1 is 1.27 bits per heavy atom. The van der Waals surface area contributed by atoms with Gasteiger partial charge in [-0.1, -0.05) is 64.8 Å². The first kappa shape index (κ1) is 24.1. The zero-order valence-corrected chi connectivity index (χ0v) is 16.5. The lowest BCUT2D eigenvalue weighted by Gasteiger charge is -2.15. The van der Waals surface area contributed by atoms with Crippen LogP contribution in [0.1, 0.15) is 71.4 Å². The largest absolute Gasteiger partial charge is 0.416 e. The lowest BCUT2D eigenvalue weighted by molar-refractivity contribution is -0.137. The predicted molar refractivity (Wildman–Crippen MR) is 103 cm³/mol. The van der Waals surface area contributed by atoms with Crippen LogP contribution in [0.5, 0.6) is 0 Å². The molecule has 26 heavy (non-hydrogen) atoms. The molecule has 2 rings (SSSR count). The van der Waals surface area contributed by atoms with Crippen LogP contribution in [0.4, 0.5) is 13.2 Å². The zero-order chi connectivity index (χ0) is 20.3. The summed E-state index contributed by atoms with van der Waals surface area (Å²) in [6.07, 6.45) is 1.46. The number of carbonyl (C=O) groups excluding carboxylic acids is 1. The Bertz CT molecular complexity index is 614. The second-order valence-corrected chi connectivity index (χ2v) is 6.11. The summed E-state index contributed by atoms with van der Waals surface area (Å²) in [5, 5.41) is 0. The van der Waals surface area contributed by atoms with Gasteiger partial charge in [0.05, 0.1) is 11.8 Å². The normalized spacial score (nSPS) is 15.5. The highest BCUT2D eigenvalue weighted by Gasteiger charge is 2.30. The number of carbonyl (C=O) groups is 1. The van der Waals surface area contributed by atoms with E-state index in [1.165, 1.54) is 32.0 Å². The van der Waals surface area contributed by atoms with Gasteiger partial charge in [0, 0.05) is 18.5 Å². The maximum absolute atomic E-state index is 12.7. The molecule has 1 saturated carbocycles. The topological polar surface area (TPSA) is 29.4 Å². The van der Waals surface area contributed by atoms with Crippen molar-refractivity contribution in [3.63, 3.8) is 0 Å². The van der Waals surface area contributed by atoms with E-state index in [0.717, 1.165) is 18.1 Å². The molecule has 1 fully saturated rings. The summed E-state index contributed by atoms with van der Waals surface area (Å²) in [5.74, 6) is 0.554. The lowest BCUT2D eigenvalue weighted by atomic mass is 9.96. The smallest absolute Gasteiger partial charge is 0.293 e. The van der Waals surface area contributed by atoms with Crippen LogP contribution in [-0.4, -0.2) is 12.0 Å². The predicted octanol–water partition coefficient (Wildman–Crippen LogP) is 6.82. The van der Waals surface area contributed by atoms with Gasteiger partial charge in [0.25, 0.3) is 0 Å². The van der Waals surface area contributed by atoms with Gasteiger partial charge < -0.3 is 0 Å². The number of Topliss-reactive ketones (excluding diaryl/α,β-unsaturated/α-hetero) is 1. The number of rotatable bonds is 4. The third-order valence-electron chi connectivity index (χ3n) is 3.71. The molecule has 0 amide bonds. The van der Waals surface area contributed by atoms with Crippen molar-refractivity contribution in [2.45, 2.75) is 66.5 Å². The highest BCUT2D eigenvalue weighted by Crippen LogP contribution is 2.33. The number of aliphatic imine (C=N–C) groups is 1. The van der Waals surface area contributed by atoms with Crippen molar-refractivity contribution in [3.8, 4) is 0 Å². The molecule has 0 N–H and O–H groups in total. The minimum absolute atomic E-state index is 0.208. The van der Waals surface area contributed by atoms with Gasteiger partial charge in [-0.25, -0.2) is 0 Å². The summed E-state index contributed by atoms with van der Waals surface area (Å²) in [5.41, 5.74) is 0.376. The number of benzene rings is 1. The fraction of sp³-hybridized carbons (Fsp3) is 0.524. The van der Waals surface area contributed by atoms with Gasteiger partial charge in [-0.3, -0.25) is 9.79 Å². The first-order valence-electron chi connectivity index (χ1n) is 9.03. The Morgan fingerprint density at radius 3 is 2.19 bits per heavy atom. The van der Waals surface area contributed by atoms with Crippen LogP contribution in [0, 0.1) is 5.92 Å². The number of nitrogens with zero attached hydrogens (tertiary/aromatic N) is 1. The van der Waals surface area contributed by atoms with Crippen molar-refractivity contribution >= 4 is 12.0 Å². The number of hydrogen-bond acceptors (Lipinski definition) is 2. The van der Waals surface area contributed by atoms with Crippen LogP contribution in [0.3, 0.4) is 0 Å². The lowest BCUT2D eigenvalue weighted by Crippen LogP contribution is -2.06. The van der Waals surface area contributed by atoms with Crippen LogP contribution in [0.25, 0.3) is 0 Å². The first-order chi connectivity index (χ1) is 12.1. The van der Waals surface area contributed by atoms with Gasteiger partial charge >= 0.3 is 6.18 Å². The third kappa shape index (κ3) is 9.54. The number of allylic oxidation sites excluding steroid dienone is 2. The summed E-state index contributed by atoms with van der Waals surface area (Å²) < 4.78 is 38.0. The fourth-order valence-corrected chi connectivity index (χ4v) is 1.92. The van der Waals surface area contributed by atoms with Gasteiger partial charge in [0.1, 0.15) is 0 Å². The molecule has 0 heterocycles. The summed E-state index contributed by atoms with van der Waals surface area (Å²) in [6.45, 7) is 11.1. The van der Waals surface area contributed by atoms with Crippen LogP contribution in [0.15, 0.2) is 41.0 Å². The van der Waals surface area contributed by atoms with E-state index in [4.69, 9.17) is 0 Å². The average Bonchev–Trinajstić information content (AvgIpc) is 3.39. The Balaban J connectivity index is 0.000000889. The molecule has 1 aromatic rings. The fourth-order valence-electron chi connectivity index (χ4n) is 1.92. The van der Waals surface area contributed by atoms with Crippen molar-refractivity contribution in [1.29, 1.82) is 0 Å². The summed E-state index contributed by atoms with van der Waals surface area (Å²) >= 11 is 0.